The van der Waals surface area contributed by atoms with Crippen LogP contribution in [0.5, 0.6) is 5.75 Å². The second-order valence-electron chi connectivity index (χ2n) is 8.81. The number of rotatable bonds is 4. The molecule has 1 aliphatic rings. The van der Waals surface area contributed by atoms with E-state index in [2.05, 4.69) is 0 Å². The number of hydrogen-bond donors (Lipinski definition) is 0. The molecule has 4 rings (SSSR count). The summed E-state index contributed by atoms with van der Waals surface area (Å²) in [5.41, 5.74) is -1.51. The summed E-state index contributed by atoms with van der Waals surface area (Å²) >= 11 is 0. The molecule has 1 aliphatic heterocycles. The van der Waals surface area contributed by atoms with E-state index in [1.807, 2.05) is 0 Å². The molecule has 34 heavy (non-hydrogen) atoms. The Morgan fingerprint density at radius 1 is 0.882 bits per heavy atom. The molecule has 0 N–H and O–H groups in total. The van der Waals surface area contributed by atoms with Gasteiger partial charge in [0.1, 0.15) is 11.4 Å². The van der Waals surface area contributed by atoms with Gasteiger partial charge in [0.05, 0.1) is 18.4 Å². The number of nitrogens with zero attached hydrogens (tertiary/aromatic N) is 1. The lowest BCUT2D eigenvalue weighted by molar-refractivity contribution is -0.133. The molecule has 0 unspecified atom stereocenters. The van der Waals surface area contributed by atoms with Crippen LogP contribution in [0.4, 0.5) is 10.5 Å². The third-order valence-corrected chi connectivity index (χ3v) is 5.34. The lowest BCUT2D eigenvalue weighted by Gasteiger charge is -2.30. The molecule has 7 heteroatoms. The molecule has 0 aliphatic carbocycles. The maximum atomic E-state index is 14.1. The summed E-state index contributed by atoms with van der Waals surface area (Å²) in [5, 5.41) is 0. The predicted octanol–water partition coefficient (Wildman–Crippen LogP) is 5.08. The van der Waals surface area contributed by atoms with Gasteiger partial charge < -0.3 is 14.2 Å². The average Bonchev–Trinajstić information content (AvgIpc) is 3.07. The van der Waals surface area contributed by atoms with Crippen molar-refractivity contribution in [2.24, 2.45) is 0 Å². The number of methoxy groups -OCH3 is 1. The Hall–Kier alpha value is -4.13. The van der Waals surface area contributed by atoms with Gasteiger partial charge in [-0.3, -0.25) is 4.79 Å². The first kappa shape index (κ1) is 23.0. The van der Waals surface area contributed by atoms with Gasteiger partial charge in [0.2, 0.25) is 5.60 Å². The van der Waals surface area contributed by atoms with Crippen LogP contribution in [0.15, 0.2) is 78.9 Å². The minimum Gasteiger partial charge on any atom is -0.497 e. The Labute approximate surface area is 197 Å². The highest BCUT2D eigenvalue weighted by atomic mass is 16.6. The van der Waals surface area contributed by atoms with Crippen LogP contribution in [0.25, 0.3) is 0 Å². The van der Waals surface area contributed by atoms with Gasteiger partial charge >= 0.3 is 12.1 Å². The molecular formula is C27H25NO6. The first-order valence-corrected chi connectivity index (χ1v) is 10.8. The predicted molar refractivity (Wildman–Crippen MR) is 126 cm³/mol. The van der Waals surface area contributed by atoms with E-state index < -0.39 is 29.2 Å². The maximum absolute atomic E-state index is 14.1. The summed E-state index contributed by atoms with van der Waals surface area (Å²) < 4.78 is 16.9. The molecule has 3 aromatic carbocycles. The highest BCUT2D eigenvalue weighted by Gasteiger charge is 2.58. The highest BCUT2D eigenvalue weighted by Crippen LogP contribution is 2.48. The Morgan fingerprint density at radius 2 is 1.56 bits per heavy atom. The number of fused-ring (bicyclic) bond motifs is 1. The Balaban J connectivity index is 1.92. The summed E-state index contributed by atoms with van der Waals surface area (Å²) in [6, 6.07) is 21.8. The van der Waals surface area contributed by atoms with E-state index in [9.17, 15) is 14.4 Å². The number of esters is 1. The summed E-state index contributed by atoms with van der Waals surface area (Å²) in [6.07, 6.45) is -0.856. The zero-order valence-electron chi connectivity index (χ0n) is 19.4. The SMILES string of the molecule is COc1cccc([C@@]2(OC(=O)c3ccccc3)C(=O)N(C(=O)OC(C)(C)C)c3ccccc32)c1. The topological polar surface area (TPSA) is 82.1 Å². The standard InChI is InChI=1S/C27H25NO6/c1-26(2,3)34-25(31)28-22-16-9-8-15-21(22)27(24(28)30,19-13-10-14-20(17-19)32-4)33-23(29)18-11-6-5-7-12-18/h5-17H,1-4H3/t27-/m0/s1. The molecule has 7 nitrogen and oxygen atoms in total. The number of hydrogen-bond acceptors (Lipinski definition) is 6. The number of ether oxygens (including phenoxy) is 3. The van der Waals surface area contributed by atoms with Gasteiger partial charge in [-0.05, 0) is 51.1 Å². The van der Waals surface area contributed by atoms with E-state index >= 15 is 0 Å². The molecule has 0 radical (unpaired) electrons. The first-order chi connectivity index (χ1) is 16.2. The fraction of sp³-hybridized carbons (Fsp3) is 0.222. The zero-order chi connectivity index (χ0) is 24.5. The number of carbonyl (C=O) groups excluding carboxylic acids is 3. The largest absolute Gasteiger partial charge is 0.497 e. The van der Waals surface area contributed by atoms with Crippen LogP contribution in [0, 0.1) is 0 Å². The van der Waals surface area contributed by atoms with Gasteiger partial charge in [-0.25, -0.2) is 14.5 Å². The van der Waals surface area contributed by atoms with Crippen molar-refractivity contribution in [1.29, 1.82) is 0 Å². The minimum absolute atomic E-state index is 0.269. The third kappa shape index (κ3) is 4.01. The van der Waals surface area contributed by atoms with Crippen molar-refractivity contribution in [3.8, 4) is 5.75 Å². The molecule has 0 spiro atoms. The van der Waals surface area contributed by atoms with Crippen molar-refractivity contribution in [2.75, 3.05) is 12.0 Å². The lowest BCUT2D eigenvalue weighted by Crippen LogP contribution is -2.48. The lowest BCUT2D eigenvalue weighted by atomic mass is 9.87. The first-order valence-electron chi connectivity index (χ1n) is 10.8. The van der Waals surface area contributed by atoms with Crippen LogP contribution in [0.1, 0.15) is 42.3 Å². The van der Waals surface area contributed by atoms with Gasteiger partial charge in [0.15, 0.2) is 0 Å². The minimum atomic E-state index is -1.92. The second-order valence-corrected chi connectivity index (χ2v) is 8.81. The van der Waals surface area contributed by atoms with E-state index in [1.165, 1.54) is 7.11 Å². The van der Waals surface area contributed by atoms with Crippen LogP contribution < -0.4 is 9.64 Å². The van der Waals surface area contributed by atoms with E-state index in [0.29, 0.717) is 16.9 Å². The van der Waals surface area contributed by atoms with E-state index in [0.717, 1.165) is 4.90 Å². The van der Waals surface area contributed by atoms with Crippen molar-refractivity contribution in [2.45, 2.75) is 32.0 Å². The van der Waals surface area contributed by atoms with Gasteiger partial charge in [-0.15, -0.1) is 0 Å². The monoisotopic (exact) mass is 459 g/mol. The molecule has 0 fully saturated rings. The van der Waals surface area contributed by atoms with Crippen molar-refractivity contribution >= 4 is 23.7 Å². The molecule has 3 aromatic rings. The molecule has 174 valence electrons. The summed E-state index contributed by atoms with van der Waals surface area (Å²) in [6.45, 7) is 5.13. The smallest absolute Gasteiger partial charge is 0.421 e. The number of amides is 2. The summed E-state index contributed by atoms with van der Waals surface area (Å²) in [4.78, 5) is 41.4. The maximum Gasteiger partial charge on any atom is 0.421 e. The van der Waals surface area contributed by atoms with Crippen molar-refractivity contribution in [3.63, 3.8) is 0 Å². The molecule has 0 bridgehead atoms. The quantitative estimate of drug-likeness (QED) is 0.506. The number of carbonyl (C=O) groups is 3. The number of benzene rings is 3. The zero-order valence-corrected chi connectivity index (χ0v) is 19.4. The Bertz CT molecular complexity index is 1250. The van der Waals surface area contributed by atoms with Crippen molar-refractivity contribution in [1.82, 2.24) is 0 Å². The van der Waals surface area contributed by atoms with Crippen LogP contribution in [-0.4, -0.2) is 30.7 Å². The van der Waals surface area contributed by atoms with E-state index in [4.69, 9.17) is 14.2 Å². The molecule has 1 heterocycles. The van der Waals surface area contributed by atoms with Crippen LogP contribution >= 0.6 is 0 Å². The Kier molecular flexibility index (Phi) is 5.87. The van der Waals surface area contributed by atoms with Gasteiger partial charge in [-0.2, -0.15) is 0 Å². The van der Waals surface area contributed by atoms with Gasteiger partial charge in [-0.1, -0.05) is 48.5 Å². The van der Waals surface area contributed by atoms with Crippen molar-refractivity contribution in [3.05, 3.63) is 95.6 Å². The molecular weight excluding hydrogens is 434 g/mol. The van der Waals surface area contributed by atoms with Crippen LogP contribution in [-0.2, 0) is 19.9 Å². The van der Waals surface area contributed by atoms with E-state index in [-0.39, 0.29) is 11.3 Å². The molecule has 0 saturated heterocycles. The van der Waals surface area contributed by atoms with Gasteiger partial charge in [0, 0.05) is 11.1 Å². The molecule has 1 atom stereocenters. The third-order valence-electron chi connectivity index (χ3n) is 5.34. The fourth-order valence-corrected chi connectivity index (χ4v) is 3.89. The van der Waals surface area contributed by atoms with Crippen LogP contribution in [0.2, 0.25) is 0 Å². The number of para-hydroxylation sites is 1. The van der Waals surface area contributed by atoms with Gasteiger partial charge in [0.25, 0.3) is 5.91 Å². The highest BCUT2D eigenvalue weighted by molar-refractivity contribution is 6.22. The number of anilines is 1. The molecule has 0 aromatic heterocycles. The average molecular weight is 459 g/mol. The molecule has 2 amide bonds. The molecule has 0 saturated carbocycles. The van der Waals surface area contributed by atoms with Crippen LogP contribution in [0.3, 0.4) is 0 Å². The fourth-order valence-electron chi connectivity index (χ4n) is 3.89. The van der Waals surface area contributed by atoms with E-state index in [1.54, 1.807) is 99.6 Å². The second kappa shape index (κ2) is 8.67. The summed E-state index contributed by atoms with van der Waals surface area (Å²) in [7, 11) is 1.50. The normalized spacial score (nSPS) is 17.2. The summed E-state index contributed by atoms with van der Waals surface area (Å²) in [5.74, 6) is -0.994. The Morgan fingerprint density at radius 3 is 2.24 bits per heavy atom. The number of imide groups is 1. The van der Waals surface area contributed by atoms with Crippen molar-refractivity contribution < 1.29 is 28.6 Å².